The Balaban J connectivity index is 1.92. The number of nitrogens with one attached hydrogen (secondary N) is 2. The maximum Gasteiger partial charge on any atom is 0.390 e. The van der Waals surface area contributed by atoms with Gasteiger partial charge in [0.2, 0.25) is 10.0 Å². The van der Waals surface area contributed by atoms with Crippen LogP contribution in [0.4, 0.5) is 18.9 Å². The van der Waals surface area contributed by atoms with Crippen molar-refractivity contribution in [1.29, 1.82) is 0 Å². The first-order chi connectivity index (χ1) is 9.26. The summed E-state index contributed by atoms with van der Waals surface area (Å²) in [6.07, 6.45) is -3.45. The molecule has 0 amide bonds. The van der Waals surface area contributed by atoms with E-state index < -0.39 is 22.6 Å². The number of benzene rings is 1. The topological polar surface area (TPSA) is 58.2 Å². The van der Waals surface area contributed by atoms with Gasteiger partial charge in [-0.05, 0) is 37.1 Å². The molecule has 0 heterocycles. The maximum atomic E-state index is 12.0. The van der Waals surface area contributed by atoms with Gasteiger partial charge in [-0.25, -0.2) is 13.1 Å². The lowest BCUT2D eigenvalue weighted by Crippen LogP contribution is -2.25. The summed E-state index contributed by atoms with van der Waals surface area (Å²) in [7, 11) is -3.52. The van der Waals surface area contributed by atoms with Crippen molar-refractivity contribution >= 4 is 15.7 Å². The zero-order valence-corrected chi connectivity index (χ0v) is 11.4. The molecule has 112 valence electrons. The van der Waals surface area contributed by atoms with E-state index in [4.69, 9.17) is 0 Å². The van der Waals surface area contributed by atoms with Crippen LogP contribution in [0, 0.1) is 0 Å². The van der Waals surface area contributed by atoms with Crippen LogP contribution in [0.15, 0.2) is 29.2 Å². The summed E-state index contributed by atoms with van der Waals surface area (Å²) in [6.45, 7) is -0.240. The smallest absolute Gasteiger partial charge is 0.385 e. The Morgan fingerprint density at radius 1 is 1.15 bits per heavy atom. The van der Waals surface area contributed by atoms with Gasteiger partial charge in [-0.15, -0.1) is 0 Å². The van der Waals surface area contributed by atoms with Crippen molar-refractivity contribution in [3.63, 3.8) is 0 Å². The Labute approximate surface area is 115 Å². The van der Waals surface area contributed by atoms with E-state index in [0.717, 1.165) is 12.8 Å². The Bertz CT molecular complexity index is 551. The minimum Gasteiger partial charge on any atom is -0.385 e. The minimum absolute atomic E-state index is 0.0181. The van der Waals surface area contributed by atoms with Crippen molar-refractivity contribution < 1.29 is 21.6 Å². The van der Waals surface area contributed by atoms with Crippen LogP contribution in [0.25, 0.3) is 0 Å². The lowest BCUT2D eigenvalue weighted by Gasteiger charge is -2.10. The molecule has 1 aliphatic carbocycles. The summed E-state index contributed by atoms with van der Waals surface area (Å²) in [6, 6.07) is 5.68. The molecule has 0 radical (unpaired) electrons. The second-order valence-electron chi connectivity index (χ2n) is 4.71. The Morgan fingerprint density at radius 2 is 1.75 bits per heavy atom. The second kappa shape index (κ2) is 5.61. The van der Waals surface area contributed by atoms with E-state index >= 15 is 0 Å². The quantitative estimate of drug-likeness (QED) is 0.849. The molecule has 0 unspecified atom stereocenters. The van der Waals surface area contributed by atoms with E-state index in [-0.39, 0.29) is 17.5 Å². The highest BCUT2D eigenvalue weighted by Crippen LogP contribution is 2.23. The molecule has 0 aromatic heterocycles. The number of anilines is 1. The first kappa shape index (κ1) is 15.1. The van der Waals surface area contributed by atoms with Crippen molar-refractivity contribution in [1.82, 2.24) is 4.72 Å². The van der Waals surface area contributed by atoms with Gasteiger partial charge >= 0.3 is 6.18 Å². The standard InChI is InChI=1S/C12H15F3N2O2S/c13-12(14,15)7-8-16-9-3-5-11(6-4-9)20(18,19)17-10-1-2-10/h3-6,10,16-17H,1-2,7-8H2. The lowest BCUT2D eigenvalue weighted by atomic mass is 10.3. The van der Waals surface area contributed by atoms with E-state index in [1.807, 2.05) is 0 Å². The van der Waals surface area contributed by atoms with Gasteiger partial charge in [0.05, 0.1) is 11.3 Å². The molecular formula is C12H15F3N2O2S. The normalized spacial score (nSPS) is 16.1. The highest BCUT2D eigenvalue weighted by atomic mass is 32.2. The van der Waals surface area contributed by atoms with Crippen molar-refractivity contribution in [3.8, 4) is 0 Å². The summed E-state index contributed by atoms with van der Waals surface area (Å²) in [4.78, 5) is 0.116. The molecule has 8 heteroatoms. The summed E-state index contributed by atoms with van der Waals surface area (Å²) < 4.78 is 62.2. The number of halogens is 3. The van der Waals surface area contributed by atoms with Crippen LogP contribution in [0.3, 0.4) is 0 Å². The molecule has 20 heavy (non-hydrogen) atoms. The van der Waals surface area contributed by atoms with E-state index in [0.29, 0.717) is 5.69 Å². The van der Waals surface area contributed by atoms with Crippen LogP contribution in [0.1, 0.15) is 19.3 Å². The number of rotatable bonds is 6. The molecule has 0 atom stereocenters. The molecule has 4 nitrogen and oxygen atoms in total. The van der Waals surface area contributed by atoms with Crippen LogP contribution in [0.2, 0.25) is 0 Å². The van der Waals surface area contributed by atoms with Crippen molar-refractivity contribution in [2.75, 3.05) is 11.9 Å². The van der Waals surface area contributed by atoms with Gasteiger partial charge in [0, 0.05) is 18.3 Å². The fraction of sp³-hybridized carbons (Fsp3) is 0.500. The average Bonchev–Trinajstić information content (AvgIpc) is 3.11. The second-order valence-corrected chi connectivity index (χ2v) is 6.43. The Hall–Kier alpha value is -1.28. The van der Waals surface area contributed by atoms with E-state index in [9.17, 15) is 21.6 Å². The molecule has 1 saturated carbocycles. The molecule has 2 rings (SSSR count). The van der Waals surface area contributed by atoms with Crippen LogP contribution < -0.4 is 10.0 Å². The van der Waals surface area contributed by atoms with Crippen LogP contribution in [-0.4, -0.2) is 27.2 Å². The highest BCUT2D eigenvalue weighted by Gasteiger charge is 2.28. The zero-order chi connectivity index (χ0) is 14.8. The van der Waals surface area contributed by atoms with Gasteiger partial charge in [0.25, 0.3) is 0 Å². The van der Waals surface area contributed by atoms with Gasteiger partial charge < -0.3 is 5.32 Å². The van der Waals surface area contributed by atoms with Crippen LogP contribution in [0.5, 0.6) is 0 Å². The molecule has 0 aliphatic heterocycles. The number of sulfonamides is 1. The third-order valence-electron chi connectivity index (χ3n) is 2.80. The Morgan fingerprint density at radius 3 is 2.25 bits per heavy atom. The Kier molecular flexibility index (Phi) is 4.24. The largest absolute Gasteiger partial charge is 0.390 e. The zero-order valence-electron chi connectivity index (χ0n) is 10.6. The van der Waals surface area contributed by atoms with Crippen LogP contribution >= 0.6 is 0 Å². The molecule has 2 N–H and O–H groups in total. The van der Waals surface area contributed by atoms with E-state index in [2.05, 4.69) is 10.0 Å². The van der Waals surface area contributed by atoms with Gasteiger partial charge in [-0.2, -0.15) is 13.2 Å². The number of hydrogen-bond donors (Lipinski definition) is 2. The van der Waals surface area contributed by atoms with Crippen molar-refractivity contribution in [2.45, 2.75) is 36.4 Å². The maximum absolute atomic E-state index is 12.0. The summed E-state index contributed by atoms with van der Waals surface area (Å²) >= 11 is 0. The monoisotopic (exact) mass is 308 g/mol. The van der Waals surface area contributed by atoms with Gasteiger partial charge in [-0.1, -0.05) is 0 Å². The van der Waals surface area contributed by atoms with Crippen molar-refractivity contribution in [3.05, 3.63) is 24.3 Å². The first-order valence-electron chi connectivity index (χ1n) is 6.19. The highest BCUT2D eigenvalue weighted by molar-refractivity contribution is 7.89. The van der Waals surface area contributed by atoms with Crippen molar-refractivity contribution in [2.24, 2.45) is 0 Å². The third-order valence-corrected chi connectivity index (χ3v) is 4.34. The first-order valence-corrected chi connectivity index (χ1v) is 7.68. The summed E-state index contributed by atoms with van der Waals surface area (Å²) in [5.74, 6) is 0. The molecule has 0 spiro atoms. The number of hydrogen-bond acceptors (Lipinski definition) is 3. The molecule has 1 aromatic rings. The van der Waals surface area contributed by atoms with E-state index in [1.165, 1.54) is 24.3 Å². The third kappa shape index (κ3) is 4.68. The summed E-state index contributed by atoms with van der Waals surface area (Å²) in [5.41, 5.74) is 0.458. The summed E-state index contributed by atoms with van der Waals surface area (Å²) in [5, 5.41) is 2.60. The number of alkyl halides is 3. The van der Waals surface area contributed by atoms with Crippen LogP contribution in [-0.2, 0) is 10.0 Å². The lowest BCUT2D eigenvalue weighted by molar-refractivity contribution is -0.131. The predicted molar refractivity (Wildman–Crippen MR) is 68.9 cm³/mol. The average molecular weight is 308 g/mol. The molecule has 1 aliphatic rings. The molecule has 1 aromatic carbocycles. The van der Waals surface area contributed by atoms with Gasteiger partial charge in [0.1, 0.15) is 0 Å². The predicted octanol–water partition coefficient (Wildman–Crippen LogP) is 2.49. The van der Waals surface area contributed by atoms with E-state index in [1.54, 1.807) is 0 Å². The molecule has 0 bridgehead atoms. The molecule has 1 fully saturated rings. The van der Waals surface area contributed by atoms with Gasteiger partial charge in [0.15, 0.2) is 0 Å². The molecular weight excluding hydrogens is 293 g/mol. The minimum atomic E-state index is -4.20. The SMILES string of the molecule is O=S(=O)(NC1CC1)c1ccc(NCCC(F)(F)F)cc1. The van der Waals surface area contributed by atoms with Gasteiger partial charge in [-0.3, -0.25) is 0 Å². The fourth-order valence-corrected chi connectivity index (χ4v) is 2.89. The fourth-order valence-electron chi connectivity index (χ4n) is 1.59. The molecule has 0 saturated heterocycles.